The van der Waals surface area contributed by atoms with Crippen molar-refractivity contribution < 1.29 is 31.5 Å². The fraction of sp³-hybridized carbons (Fsp3) is 0.345. The number of amides is 1. The molecule has 2 aromatic carbocycles. The number of sulfone groups is 1. The molecular formula is C29H30F2N4O5S. The largest absolute Gasteiger partial charge is 0.487 e. The van der Waals surface area contributed by atoms with Gasteiger partial charge in [-0.05, 0) is 54.1 Å². The van der Waals surface area contributed by atoms with Crippen LogP contribution in [-0.4, -0.2) is 57.0 Å². The lowest BCUT2D eigenvalue weighted by molar-refractivity contribution is -0.131. The highest BCUT2D eigenvalue weighted by atomic mass is 32.2. The smallest absolute Gasteiger partial charge is 0.345 e. The summed E-state index contributed by atoms with van der Waals surface area (Å²) in [5.74, 6) is 0.128. The lowest BCUT2D eigenvalue weighted by Crippen LogP contribution is -2.34. The van der Waals surface area contributed by atoms with Crippen LogP contribution in [0.5, 0.6) is 5.75 Å². The summed E-state index contributed by atoms with van der Waals surface area (Å²) in [5.41, 5.74) is 1.65. The summed E-state index contributed by atoms with van der Waals surface area (Å²) in [6, 6.07) is 17.3. The van der Waals surface area contributed by atoms with Crippen molar-refractivity contribution in [2.24, 2.45) is 0 Å². The quantitative estimate of drug-likeness (QED) is 0.330. The predicted octanol–water partition coefficient (Wildman–Crippen LogP) is 4.53. The molecule has 4 rings (SSSR count). The van der Waals surface area contributed by atoms with Gasteiger partial charge in [0, 0.05) is 23.9 Å². The van der Waals surface area contributed by atoms with E-state index in [1.54, 1.807) is 67.8 Å². The second kappa shape index (κ2) is 13.5. The van der Waals surface area contributed by atoms with E-state index in [-0.39, 0.29) is 35.8 Å². The SMILES string of the molecule is CCS(=O)(=O)c1ccc([C@H](CC#N)NC(=O)c2ccc(N3C[C@@H](Oc4cccnc4)C[C@H]3COC(F)F)cc2)cc1. The number of ether oxygens (including phenoxy) is 2. The van der Waals surface area contributed by atoms with Gasteiger partial charge in [-0.25, -0.2) is 8.42 Å². The lowest BCUT2D eigenvalue weighted by atomic mass is 10.0. The standard InChI is InChI=1S/C29H30F2N4O5S/c1-2-41(37,38)26-11-7-20(8-12-26)27(13-14-32)34-28(36)21-5-9-22(10-6-21)35-18-25(16-23(35)19-39-29(30)31)40-24-4-3-15-33-17-24/h3-12,15,17,23,25,27,29H,2,13,16,18-19H2,1H3,(H,34,36)/t23-,25-,27-/m0/s1. The Hall–Kier alpha value is -4.08. The van der Waals surface area contributed by atoms with Gasteiger partial charge >= 0.3 is 6.61 Å². The second-order valence-electron chi connectivity index (χ2n) is 9.47. The Morgan fingerprint density at radius 1 is 1.17 bits per heavy atom. The van der Waals surface area contributed by atoms with Gasteiger partial charge in [0.05, 0.1) is 54.6 Å². The third kappa shape index (κ3) is 7.77. The number of benzene rings is 2. The predicted molar refractivity (Wildman–Crippen MR) is 147 cm³/mol. The summed E-state index contributed by atoms with van der Waals surface area (Å²) in [7, 11) is -3.37. The Balaban J connectivity index is 1.46. The Morgan fingerprint density at radius 3 is 2.51 bits per heavy atom. The van der Waals surface area contributed by atoms with Crippen molar-refractivity contribution in [1.82, 2.24) is 10.3 Å². The van der Waals surface area contributed by atoms with Crippen LogP contribution in [-0.2, 0) is 14.6 Å². The Morgan fingerprint density at radius 2 is 1.90 bits per heavy atom. The molecule has 1 fully saturated rings. The van der Waals surface area contributed by atoms with E-state index in [4.69, 9.17) is 4.74 Å². The number of nitrogens with one attached hydrogen (secondary N) is 1. The van der Waals surface area contributed by atoms with Crippen LogP contribution in [0.3, 0.4) is 0 Å². The molecule has 0 unspecified atom stereocenters. The van der Waals surface area contributed by atoms with E-state index in [0.29, 0.717) is 35.5 Å². The molecule has 12 heteroatoms. The molecule has 0 radical (unpaired) electrons. The number of carbonyl (C=O) groups excluding carboxylic acids is 1. The van der Waals surface area contributed by atoms with Gasteiger partial charge in [0.15, 0.2) is 9.84 Å². The van der Waals surface area contributed by atoms with Crippen LogP contribution in [0.15, 0.2) is 78.0 Å². The molecule has 41 heavy (non-hydrogen) atoms. The fourth-order valence-corrected chi connectivity index (χ4v) is 5.57. The number of pyridine rings is 1. The highest BCUT2D eigenvalue weighted by molar-refractivity contribution is 7.91. The molecule has 0 aliphatic carbocycles. The summed E-state index contributed by atoms with van der Waals surface area (Å²) in [6.07, 6.45) is 3.38. The van der Waals surface area contributed by atoms with Crippen molar-refractivity contribution in [2.75, 3.05) is 23.8 Å². The average molecular weight is 585 g/mol. The first-order valence-corrected chi connectivity index (χ1v) is 14.7. The number of hydrogen-bond acceptors (Lipinski definition) is 8. The zero-order valence-corrected chi connectivity index (χ0v) is 23.1. The number of rotatable bonds is 12. The maximum atomic E-state index is 13.0. The van der Waals surface area contributed by atoms with Gasteiger partial charge in [-0.2, -0.15) is 14.0 Å². The third-order valence-corrected chi connectivity index (χ3v) is 8.56. The number of hydrogen-bond donors (Lipinski definition) is 1. The number of alkyl halides is 2. The summed E-state index contributed by atoms with van der Waals surface area (Å²) in [5, 5.41) is 12.1. The molecule has 2 heterocycles. The Bertz CT molecular complexity index is 1450. The van der Waals surface area contributed by atoms with Gasteiger partial charge in [0.1, 0.15) is 11.9 Å². The van der Waals surface area contributed by atoms with Crippen LogP contribution in [0.4, 0.5) is 14.5 Å². The zero-order chi connectivity index (χ0) is 29.4. The fourth-order valence-electron chi connectivity index (χ4n) is 4.69. The molecule has 0 bridgehead atoms. The van der Waals surface area contributed by atoms with E-state index in [1.165, 1.54) is 12.1 Å². The van der Waals surface area contributed by atoms with E-state index in [9.17, 15) is 27.3 Å². The summed E-state index contributed by atoms with van der Waals surface area (Å²) < 4.78 is 60.4. The maximum Gasteiger partial charge on any atom is 0.345 e. The zero-order valence-electron chi connectivity index (χ0n) is 22.3. The van der Waals surface area contributed by atoms with Crippen LogP contribution in [0.1, 0.15) is 41.7 Å². The third-order valence-electron chi connectivity index (χ3n) is 6.81. The van der Waals surface area contributed by atoms with Crippen LogP contribution >= 0.6 is 0 Å². The van der Waals surface area contributed by atoms with Gasteiger partial charge in [-0.15, -0.1) is 0 Å². The van der Waals surface area contributed by atoms with Crippen molar-refractivity contribution in [2.45, 2.75) is 49.5 Å². The molecule has 0 saturated carbocycles. The Labute approximate surface area is 237 Å². The minimum atomic E-state index is -3.37. The normalized spacial score (nSPS) is 17.7. The van der Waals surface area contributed by atoms with E-state index in [2.05, 4.69) is 21.1 Å². The number of anilines is 1. The molecule has 1 aliphatic heterocycles. The average Bonchev–Trinajstić information content (AvgIpc) is 3.38. The number of nitrogens with zero attached hydrogens (tertiary/aromatic N) is 3. The number of nitriles is 1. The molecule has 9 nitrogen and oxygen atoms in total. The van der Waals surface area contributed by atoms with Crippen LogP contribution in [0.25, 0.3) is 0 Å². The minimum Gasteiger partial charge on any atom is -0.487 e. The highest BCUT2D eigenvalue weighted by Crippen LogP contribution is 2.29. The number of aromatic nitrogens is 1. The summed E-state index contributed by atoms with van der Waals surface area (Å²) >= 11 is 0. The first-order chi connectivity index (χ1) is 19.7. The van der Waals surface area contributed by atoms with Gasteiger partial charge in [-0.1, -0.05) is 19.1 Å². The highest BCUT2D eigenvalue weighted by Gasteiger charge is 2.34. The molecule has 1 saturated heterocycles. The minimum absolute atomic E-state index is 0.0123. The van der Waals surface area contributed by atoms with Crippen LogP contribution in [0, 0.1) is 11.3 Å². The summed E-state index contributed by atoms with van der Waals surface area (Å²) in [4.78, 5) is 19.2. The van der Waals surface area contributed by atoms with Crippen molar-refractivity contribution in [3.05, 3.63) is 84.2 Å². The van der Waals surface area contributed by atoms with Crippen molar-refractivity contribution in [3.8, 4) is 11.8 Å². The number of halogens is 2. The summed E-state index contributed by atoms with van der Waals surface area (Å²) in [6.45, 7) is -1.11. The van der Waals surface area contributed by atoms with Crippen molar-refractivity contribution >= 4 is 21.4 Å². The molecule has 1 aromatic heterocycles. The first-order valence-electron chi connectivity index (χ1n) is 13.0. The van der Waals surface area contributed by atoms with E-state index < -0.39 is 28.4 Å². The molecule has 0 spiro atoms. The van der Waals surface area contributed by atoms with Crippen molar-refractivity contribution in [3.63, 3.8) is 0 Å². The second-order valence-corrected chi connectivity index (χ2v) is 11.8. The van der Waals surface area contributed by atoms with Crippen LogP contribution < -0.4 is 15.0 Å². The molecule has 216 valence electrons. The molecule has 1 amide bonds. The molecule has 3 atom stereocenters. The monoisotopic (exact) mass is 584 g/mol. The van der Waals surface area contributed by atoms with Gasteiger partial charge in [-0.3, -0.25) is 9.78 Å². The maximum absolute atomic E-state index is 13.0. The molecule has 1 aliphatic rings. The lowest BCUT2D eigenvalue weighted by Gasteiger charge is -2.26. The number of carbonyl (C=O) groups is 1. The Kier molecular flexibility index (Phi) is 9.86. The van der Waals surface area contributed by atoms with Crippen molar-refractivity contribution in [1.29, 1.82) is 5.26 Å². The van der Waals surface area contributed by atoms with Gasteiger partial charge < -0.3 is 19.7 Å². The van der Waals surface area contributed by atoms with E-state index >= 15 is 0 Å². The van der Waals surface area contributed by atoms with Gasteiger partial charge in [0.25, 0.3) is 5.91 Å². The first kappa shape index (κ1) is 29.9. The molecule has 3 aromatic rings. The topological polar surface area (TPSA) is 122 Å². The molecule has 1 N–H and O–H groups in total. The molecular weight excluding hydrogens is 554 g/mol. The van der Waals surface area contributed by atoms with Gasteiger partial charge in [0.2, 0.25) is 0 Å². The van der Waals surface area contributed by atoms with E-state index in [1.807, 2.05) is 4.90 Å². The van der Waals surface area contributed by atoms with Crippen LogP contribution in [0.2, 0.25) is 0 Å². The van der Waals surface area contributed by atoms with E-state index in [0.717, 1.165) is 0 Å².